The third-order valence-electron chi connectivity index (χ3n) is 2.23. The summed E-state index contributed by atoms with van der Waals surface area (Å²) in [6.45, 7) is -0.948. The number of halogens is 4. The number of aliphatic hydroxyl groups is 1. The third-order valence-corrected chi connectivity index (χ3v) is 3.47. The molecule has 4 nitrogen and oxygen atoms in total. The molecule has 1 N–H and O–H groups in total. The molecule has 0 aliphatic heterocycles. The predicted octanol–water partition coefficient (Wildman–Crippen LogP) is 2.99. The lowest BCUT2D eigenvalue weighted by Gasteiger charge is -2.17. The van der Waals surface area contributed by atoms with E-state index in [1.165, 1.54) is 37.2 Å². The van der Waals surface area contributed by atoms with E-state index >= 15 is 0 Å². The van der Waals surface area contributed by atoms with Gasteiger partial charge in [0.1, 0.15) is 5.44 Å². The van der Waals surface area contributed by atoms with Crippen LogP contribution in [0.25, 0.3) is 0 Å². The number of ether oxygens (including phenoxy) is 1. The molecule has 9 heteroatoms. The van der Waals surface area contributed by atoms with Gasteiger partial charge in [0.05, 0.1) is 12.2 Å². The Hall–Kier alpha value is -0.960. The molecule has 1 rings (SSSR count). The van der Waals surface area contributed by atoms with Crippen LogP contribution in [0.15, 0.2) is 23.1 Å². The molecule has 0 heterocycles. The number of carbonyl (C=O) groups excluding carboxylic acids is 1. The van der Waals surface area contributed by atoms with Gasteiger partial charge in [0.2, 0.25) is 0 Å². The number of nitrogens with zero attached hydrogens (tertiary/aromatic N) is 1. The van der Waals surface area contributed by atoms with E-state index in [1.807, 2.05) is 0 Å². The Kier molecular flexibility index (Phi) is 6.33. The van der Waals surface area contributed by atoms with E-state index in [4.69, 9.17) is 11.6 Å². The Morgan fingerprint density at radius 2 is 2.10 bits per heavy atom. The molecule has 1 atom stereocenters. The molecule has 0 spiro atoms. The molecule has 1 aromatic rings. The summed E-state index contributed by atoms with van der Waals surface area (Å²) < 4.78 is 39.3. The monoisotopic (exact) mass is 343 g/mol. The lowest BCUT2D eigenvalue weighted by atomic mass is 10.2. The molecular weight excluding hydrogens is 331 g/mol. The van der Waals surface area contributed by atoms with Crippen molar-refractivity contribution in [2.75, 3.05) is 20.7 Å². The fourth-order valence-electron chi connectivity index (χ4n) is 1.36. The maximum absolute atomic E-state index is 12.0. The minimum absolute atomic E-state index is 0.237. The number of carbonyl (C=O) groups is 1. The summed E-state index contributed by atoms with van der Waals surface area (Å²) in [5.41, 5.74) is -1.25. The van der Waals surface area contributed by atoms with Crippen molar-refractivity contribution in [1.29, 1.82) is 0 Å². The predicted molar refractivity (Wildman–Crippen MR) is 73.3 cm³/mol. The van der Waals surface area contributed by atoms with E-state index in [1.54, 1.807) is 0 Å². The van der Waals surface area contributed by atoms with Gasteiger partial charge in [0.25, 0.3) is 5.91 Å². The maximum atomic E-state index is 12.0. The van der Waals surface area contributed by atoms with E-state index in [2.05, 4.69) is 4.74 Å². The first-order chi connectivity index (χ1) is 9.60. The van der Waals surface area contributed by atoms with Gasteiger partial charge < -0.3 is 10.0 Å². The first-order valence-corrected chi connectivity index (χ1v) is 6.92. The second-order valence-corrected chi connectivity index (χ2v) is 5.83. The average Bonchev–Trinajstić information content (AvgIpc) is 2.35. The van der Waals surface area contributed by atoms with Crippen molar-refractivity contribution in [3.63, 3.8) is 0 Å². The number of aliphatic hydroxyl groups excluding tert-OH is 1. The lowest BCUT2D eigenvalue weighted by molar-refractivity contribution is -0.327. The summed E-state index contributed by atoms with van der Waals surface area (Å²) in [7, 11) is 3.07. The summed E-state index contributed by atoms with van der Waals surface area (Å²) in [6, 6.07) is 4.34. The van der Waals surface area contributed by atoms with Gasteiger partial charge in [-0.3, -0.25) is 9.53 Å². The van der Waals surface area contributed by atoms with Gasteiger partial charge in [-0.1, -0.05) is 23.4 Å². The summed E-state index contributed by atoms with van der Waals surface area (Å²) >= 11 is 6.47. The fraction of sp³-hybridized carbons (Fsp3) is 0.417. The van der Waals surface area contributed by atoms with Crippen molar-refractivity contribution >= 4 is 29.3 Å². The maximum Gasteiger partial charge on any atom is 0.522 e. The van der Waals surface area contributed by atoms with Crippen molar-refractivity contribution in [3.05, 3.63) is 28.8 Å². The first kappa shape index (κ1) is 18.1. The van der Waals surface area contributed by atoms with Crippen LogP contribution in [0.2, 0.25) is 5.02 Å². The number of amides is 1. The number of hydrogen-bond acceptors (Lipinski definition) is 4. The molecule has 0 fully saturated rings. The summed E-state index contributed by atoms with van der Waals surface area (Å²) in [6.07, 6.45) is -4.82. The van der Waals surface area contributed by atoms with Gasteiger partial charge in [-0.2, -0.15) is 0 Å². The van der Waals surface area contributed by atoms with Crippen LogP contribution in [0, 0.1) is 0 Å². The van der Waals surface area contributed by atoms with Gasteiger partial charge in [-0.25, -0.2) is 0 Å². The SMILES string of the molecule is CN(C)C(=O)c1ccc(Cl)cc1S[C@@H](O)COC(F)(F)F. The van der Waals surface area contributed by atoms with Crippen molar-refractivity contribution in [2.24, 2.45) is 0 Å². The minimum Gasteiger partial charge on any atom is -0.380 e. The van der Waals surface area contributed by atoms with Crippen LogP contribution in [0.1, 0.15) is 10.4 Å². The highest BCUT2D eigenvalue weighted by Gasteiger charge is 2.30. The van der Waals surface area contributed by atoms with Crippen molar-refractivity contribution in [2.45, 2.75) is 16.7 Å². The molecule has 0 aliphatic carbocycles. The van der Waals surface area contributed by atoms with Crippen LogP contribution in [0.3, 0.4) is 0 Å². The number of hydrogen-bond donors (Lipinski definition) is 1. The lowest BCUT2D eigenvalue weighted by Crippen LogP contribution is -2.23. The molecule has 0 aromatic heterocycles. The molecule has 0 saturated heterocycles. The molecule has 0 aliphatic rings. The van der Waals surface area contributed by atoms with E-state index in [9.17, 15) is 23.1 Å². The Morgan fingerprint density at radius 1 is 1.48 bits per heavy atom. The Morgan fingerprint density at radius 3 is 2.62 bits per heavy atom. The summed E-state index contributed by atoms with van der Waals surface area (Å²) in [5, 5.41) is 9.87. The number of alkyl halides is 3. The third kappa shape index (κ3) is 6.13. The molecular formula is C12H13ClF3NO3S. The zero-order valence-corrected chi connectivity index (χ0v) is 12.7. The largest absolute Gasteiger partial charge is 0.522 e. The van der Waals surface area contributed by atoms with Crippen molar-refractivity contribution in [3.8, 4) is 0 Å². The van der Waals surface area contributed by atoms with Crippen LogP contribution in [0.4, 0.5) is 13.2 Å². The van der Waals surface area contributed by atoms with Crippen LogP contribution < -0.4 is 0 Å². The number of benzene rings is 1. The molecule has 21 heavy (non-hydrogen) atoms. The quantitative estimate of drug-likeness (QED) is 0.659. The zero-order chi connectivity index (χ0) is 16.2. The van der Waals surface area contributed by atoms with Crippen molar-refractivity contribution in [1.82, 2.24) is 4.90 Å². The molecule has 0 radical (unpaired) electrons. The van der Waals surface area contributed by atoms with Crippen LogP contribution in [-0.2, 0) is 4.74 Å². The first-order valence-electron chi connectivity index (χ1n) is 5.67. The highest BCUT2D eigenvalue weighted by molar-refractivity contribution is 7.99. The van der Waals surface area contributed by atoms with Gasteiger partial charge in [-0.05, 0) is 18.2 Å². The standard InChI is InChI=1S/C12H13ClF3NO3S/c1-17(2)11(19)8-4-3-7(13)5-9(8)21-10(18)6-20-12(14,15)16/h3-5,10,18H,6H2,1-2H3/t10-/m1/s1. The number of rotatable bonds is 5. The number of thioether (sulfide) groups is 1. The molecule has 0 bridgehead atoms. The van der Waals surface area contributed by atoms with E-state index < -0.39 is 18.4 Å². The minimum atomic E-state index is -4.82. The zero-order valence-electron chi connectivity index (χ0n) is 11.1. The van der Waals surface area contributed by atoms with E-state index in [-0.39, 0.29) is 16.4 Å². The Labute approximate surface area is 128 Å². The van der Waals surface area contributed by atoms with E-state index in [0.29, 0.717) is 16.8 Å². The second kappa shape index (κ2) is 7.35. The van der Waals surface area contributed by atoms with Gasteiger partial charge in [0, 0.05) is 24.0 Å². The smallest absolute Gasteiger partial charge is 0.380 e. The Balaban J connectivity index is 2.86. The molecule has 1 amide bonds. The van der Waals surface area contributed by atoms with Crippen LogP contribution in [-0.4, -0.2) is 48.4 Å². The molecule has 118 valence electrons. The second-order valence-electron chi connectivity index (χ2n) is 4.17. The highest BCUT2D eigenvalue weighted by Crippen LogP contribution is 2.30. The fourth-order valence-corrected chi connectivity index (χ4v) is 2.50. The van der Waals surface area contributed by atoms with Crippen LogP contribution in [0.5, 0.6) is 0 Å². The molecule has 1 aromatic carbocycles. The van der Waals surface area contributed by atoms with Gasteiger partial charge in [-0.15, -0.1) is 13.2 Å². The van der Waals surface area contributed by atoms with Gasteiger partial charge in [0.15, 0.2) is 0 Å². The normalized spacial score (nSPS) is 13.1. The highest BCUT2D eigenvalue weighted by atomic mass is 35.5. The molecule has 0 saturated carbocycles. The topological polar surface area (TPSA) is 49.8 Å². The van der Waals surface area contributed by atoms with E-state index in [0.717, 1.165) is 0 Å². The van der Waals surface area contributed by atoms with Crippen LogP contribution >= 0.6 is 23.4 Å². The summed E-state index contributed by atoms with van der Waals surface area (Å²) in [4.78, 5) is 13.5. The van der Waals surface area contributed by atoms with Crippen molar-refractivity contribution < 1.29 is 27.8 Å². The van der Waals surface area contributed by atoms with Gasteiger partial charge >= 0.3 is 6.36 Å². The Bertz CT molecular complexity index is 511. The summed E-state index contributed by atoms with van der Waals surface area (Å²) in [5.74, 6) is -0.349. The molecule has 0 unspecified atom stereocenters. The average molecular weight is 344 g/mol.